The second-order valence-electron chi connectivity index (χ2n) is 5.40. The maximum atomic E-state index is 11.0. The standard InChI is InChI=1S/C13H19BrN4O2/c1-9(2)17-4-3-10(8-17)5-16-13-11(14)6-15-7-12(13)18(19)20/h6-7,9-10H,3-5,8H2,1-2H3,(H,15,16). The molecule has 110 valence electrons. The van der Waals surface area contributed by atoms with Crippen LogP contribution in [-0.2, 0) is 0 Å². The van der Waals surface area contributed by atoms with E-state index in [0.29, 0.717) is 22.1 Å². The van der Waals surface area contributed by atoms with Gasteiger partial charge in [-0.05, 0) is 48.7 Å². The van der Waals surface area contributed by atoms with Crippen molar-refractivity contribution in [2.75, 3.05) is 25.0 Å². The molecule has 0 aromatic carbocycles. The van der Waals surface area contributed by atoms with Crippen molar-refractivity contribution < 1.29 is 4.92 Å². The molecule has 0 spiro atoms. The Morgan fingerprint density at radius 1 is 1.60 bits per heavy atom. The maximum Gasteiger partial charge on any atom is 0.311 e. The third kappa shape index (κ3) is 3.46. The zero-order valence-electron chi connectivity index (χ0n) is 11.7. The van der Waals surface area contributed by atoms with Gasteiger partial charge >= 0.3 is 5.69 Å². The number of pyridine rings is 1. The summed E-state index contributed by atoms with van der Waals surface area (Å²) < 4.78 is 0.630. The summed E-state index contributed by atoms with van der Waals surface area (Å²) in [6, 6.07) is 0.557. The molecule has 0 bridgehead atoms. The lowest BCUT2D eigenvalue weighted by molar-refractivity contribution is -0.384. The molecule has 1 aromatic heterocycles. The molecule has 0 saturated carbocycles. The Labute approximate surface area is 126 Å². The van der Waals surface area contributed by atoms with E-state index in [1.54, 1.807) is 6.20 Å². The predicted octanol–water partition coefficient (Wildman–Crippen LogP) is 2.89. The molecule has 0 aliphatic carbocycles. The van der Waals surface area contributed by atoms with Gasteiger partial charge in [0.2, 0.25) is 0 Å². The first-order valence-corrected chi connectivity index (χ1v) is 7.54. The largest absolute Gasteiger partial charge is 0.378 e. The molecule has 1 aliphatic heterocycles. The van der Waals surface area contributed by atoms with Gasteiger partial charge in [-0.1, -0.05) is 0 Å². The van der Waals surface area contributed by atoms with E-state index in [4.69, 9.17) is 0 Å². The molecule has 1 fully saturated rings. The van der Waals surface area contributed by atoms with Gasteiger partial charge in [-0.25, -0.2) is 0 Å². The molecule has 1 saturated heterocycles. The predicted molar refractivity (Wildman–Crippen MR) is 81.9 cm³/mol. The Hall–Kier alpha value is -1.21. The molecular weight excluding hydrogens is 324 g/mol. The van der Waals surface area contributed by atoms with Crippen LogP contribution in [0.2, 0.25) is 0 Å². The van der Waals surface area contributed by atoms with E-state index in [-0.39, 0.29) is 5.69 Å². The van der Waals surface area contributed by atoms with Gasteiger partial charge in [0, 0.05) is 25.3 Å². The fourth-order valence-electron chi connectivity index (χ4n) is 2.48. The van der Waals surface area contributed by atoms with Gasteiger partial charge in [0.05, 0.1) is 9.40 Å². The van der Waals surface area contributed by atoms with Crippen LogP contribution in [0.3, 0.4) is 0 Å². The molecule has 1 N–H and O–H groups in total. The van der Waals surface area contributed by atoms with E-state index in [2.05, 4.69) is 45.0 Å². The van der Waals surface area contributed by atoms with Crippen molar-refractivity contribution in [3.8, 4) is 0 Å². The van der Waals surface area contributed by atoms with Crippen molar-refractivity contribution in [2.45, 2.75) is 26.3 Å². The molecule has 0 amide bonds. The molecule has 20 heavy (non-hydrogen) atoms. The summed E-state index contributed by atoms with van der Waals surface area (Å²) in [6.07, 6.45) is 3.98. The second kappa shape index (κ2) is 6.49. The average Bonchev–Trinajstić information content (AvgIpc) is 2.86. The van der Waals surface area contributed by atoms with Crippen LogP contribution in [0.5, 0.6) is 0 Å². The van der Waals surface area contributed by atoms with Crippen molar-refractivity contribution in [1.82, 2.24) is 9.88 Å². The first-order valence-electron chi connectivity index (χ1n) is 6.75. The highest BCUT2D eigenvalue weighted by Gasteiger charge is 2.25. The van der Waals surface area contributed by atoms with Crippen molar-refractivity contribution in [3.05, 3.63) is 27.0 Å². The van der Waals surface area contributed by atoms with Gasteiger partial charge < -0.3 is 10.2 Å². The smallest absolute Gasteiger partial charge is 0.311 e. The molecule has 1 aromatic rings. The molecule has 7 heteroatoms. The zero-order chi connectivity index (χ0) is 14.7. The summed E-state index contributed by atoms with van der Waals surface area (Å²) >= 11 is 3.32. The monoisotopic (exact) mass is 342 g/mol. The van der Waals surface area contributed by atoms with E-state index in [1.165, 1.54) is 6.20 Å². The van der Waals surface area contributed by atoms with E-state index >= 15 is 0 Å². The molecule has 2 rings (SSSR count). The van der Waals surface area contributed by atoms with Crippen LogP contribution in [0, 0.1) is 16.0 Å². The van der Waals surface area contributed by atoms with Crippen LogP contribution in [0.4, 0.5) is 11.4 Å². The molecule has 1 atom stereocenters. The number of aromatic nitrogens is 1. The Morgan fingerprint density at radius 2 is 2.35 bits per heavy atom. The van der Waals surface area contributed by atoms with E-state index < -0.39 is 4.92 Å². The third-order valence-electron chi connectivity index (χ3n) is 3.69. The number of halogens is 1. The minimum Gasteiger partial charge on any atom is -0.378 e. The summed E-state index contributed by atoms with van der Waals surface area (Å²) in [6.45, 7) is 7.28. The van der Waals surface area contributed by atoms with Gasteiger partial charge in [-0.15, -0.1) is 0 Å². The van der Waals surface area contributed by atoms with Crippen molar-refractivity contribution in [2.24, 2.45) is 5.92 Å². The van der Waals surface area contributed by atoms with Crippen molar-refractivity contribution in [3.63, 3.8) is 0 Å². The Kier molecular flexibility index (Phi) is 4.93. The fourth-order valence-corrected chi connectivity index (χ4v) is 2.94. The molecule has 1 aliphatic rings. The topological polar surface area (TPSA) is 71.3 Å². The van der Waals surface area contributed by atoms with Crippen LogP contribution in [0.15, 0.2) is 16.9 Å². The van der Waals surface area contributed by atoms with E-state index in [0.717, 1.165) is 26.1 Å². The first-order chi connectivity index (χ1) is 9.49. The molecule has 6 nitrogen and oxygen atoms in total. The van der Waals surface area contributed by atoms with Crippen LogP contribution < -0.4 is 5.32 Å². The summed E-state index contributed by atoms with van der Waals surface area (Å²) in [5.41, 5.74) is 0.533. The Bertz CT molecular complexity index is 495. The van der Waals surface area contributed by atoms with Crippen LogP contribution in [0.1, 0.15) is 20.3 Å². The summed E-state index contributed by atoms with van der Waals surface area (Å²) in [4.78, 5) is 16.9. The van der Waals surface area contributed by atoms with Crippen LogP contribution in [-0.4, -0.2) is 40.5 Å². The number of hydrogen-bond acceptors (Lipinski definition) is 5. The molecule has 0 radical (unpaired) electrons. The maximum absolute atomic E-state index is 11.0. The fraction of sp³-hybridized carbons (Fsp3) is 0.615. The molecular formula is C13H19BrN4O2. The highest BCUT2D eigenvalue weighted by atomic mass is 79.9. The summed E-state index contributed by atoms with van der Waals surface area (Å²) in [5.74, 6) is 0.525. The number of nitro groups is 1. The Morgan fingerprint density at radius 3 is 2.95 bits per heavy atom. The third-order valence-corrected chi connectivity index (χ3v) is 4.29. The van der Waals surface area contributed by atoms with Gasteiger partial charge in [0.15, 0.2) is 0 Å². The lowest BCUT2D eigenvalue weighted by atomic mass is 10.1. The average molecular weight is 343 g/mol. The number of anilines is 1. The van der Waals surface area contributed by atoms with Gasteiger partial charge in [0.1, 0.15) is 11.9 Å². The lowest BCUT2D eigenvalue weighted by Crippen LogP contribution is -2.29. The van der Waals surface area contributed by atoms with Gasteiger partial charge in [-0.2, -0.15) is 0 Å². The quantitative estimate of drug-likeness (QED) is 0.657. The van der Waals surface area contributed by atoms with Crippen molar-refractivity contribution in [1.29, 1.82) is 0 Å². The molecule has 2 heterocycles. The zero-order valence-corrected chi connectivity index (χ0v) is 13.3. The Balaban J connectivity index is 2.00. The minimum absolute atomic E-state index is 0.0121. The number of likely N-dealkylation sites (tertiary alicyclic amines) is 1. The normalized spacial score (nSPS) is 19.5. The van der Waals surface area contributed by atoms with E-state index in [9.17, 15) is 10.1 Å². The highest BCUT2D eigenvalue weighted by Crippen LogP contribution is 2.31. The highest BCUT2D eigenvalue weighted by molar-refractivity contribution is 9.10. The van der Waals surface area contributed by atoms with Crippen molar-refractivity contribution >= 4 is 27.3 Å². The summed E-state index contributed by atoms with van der Waals surface area (Å²) in [7, 11) is 0. The van der Waals surface area contributed by atoms with Crippen LogP contribution >= 0.6 is 15.9 Å². The lowest BCUT2D eigenvalue weighted by Gasteiger charge is -2.20. The number of nitrogens with one attached hydrogen (secondary N) is 1. The van der Waals surface area contributed by atoms with Crippen LogP contribution in [0.25, 0.3) is 0 Å². The SMILES string of the molecule is CC(C)N1CCC(CNc2c(Br)cncc2[N+](=O)[O-])C1. The minimum atomic E-state index is -0.408. The number of nitrogens with zero attached hydrogens (tertiary/aromatic N) is 3. The van der Waals surface area contributed by atoms with Gasteiger partial charge in [-0.3, -0.25) is 15.1 Å². The second-order valence-corrected chi connectivity index (χ2v) is 6.25. The first kappa shape index (κ1) is 15.2. The van der Waals surface area contributed by atoms with E-state index in [1.807, 2.05) is 0 Å². The summed E-state index contributed by atoms with van der Waals surface area (Å²) in [5, 5.41) is 14.2. The number of rotatable bonds is 5. The number of hydrogen-bond donors (Lipinski definition) is 1. The molecule has 1 unspecified atom stereocenters. The van der Waals surface area contributed by atoms with Gasteiger partial charge in [0.25, 0.3) is 0 Å².